The molecule has 0 bridgehead atoms. The van der Waals surface area contributed by atoms with Crippen LogP contribution in [0.3, 0.4) is 0 Å². The first-order valence-corrected chi connectivity index (χ1v) is 6.96. The zero-order chi connectivity index (χ0) is 14.7. The summed E-state index contributed by atoms with van der Waals surface area (Å²) in [5.41, 5.74) is 2.68. The monoisotopic (exact) mass is 287 g/mol. The predicted octanol–water partition coefficient (Wildman–Crippen LogP) is 1.34. The third-order valence-electron chi connectivity index (χ3n) is 3.65. The van der Waals surface area contributed by atoms with Crippen LogP contribution in [-0.2, 0) is 9.53 Å². The third kappa shape index (κ3) is 3.08. The topological polar surface area (TPSA) is 81.9 Å². The summed E-state index contributed by atoms with van der Waals surface area (Å²) < 4.78 is 6.87. The third-order valence-corrected chi connectivity index (χ3v) is 3.65. The van der Waals surface area contributed by atoms with E-state index in [2.05, 4.69) is 20.8 Å². The summed E-state index contributed by atoms with van der Waals surface area (Å²) in [6.07, 6.45) is 3.11. The zero-order valence-electron chi connectivity index (χ0n) is 11.8. The lowest BCUT2D eigenvalue weighted by atomic mass is 9.99. The highest BCUT2D eigenvalue weighted by Gasteiger charge is 2.21. The van der Waals surface area contributed by atoms with Gasteiger partial charge in [-0.3, -0.25) is 4.79 Å². The summed E-state index contributed by atoms with van der Waals surface area (Å²) in [4.78, 5) is 12.2. The molecule has 0 radical (unpaired) electrons. The van der Waals surface area contributed by atoms with E-state index in [0.717, 1.165) is 29.8 Å². The predicted molar refractivity (Wildman–Crippen MR) is 76.1 cm³/mol. The van der Waals surface area contributed by atoms with Gasteiger partial charge in [-0.1, -0.05) is 0 Å². The van der Waals surface area contributed by atoms with Gasteiger partial charge in [0.2, 0.25) is 5.91 Å². The molecule has 7 nitrogen and oxygen atoms in total. The maximum absolute atomic E-state index is 12.2. The molecule has 1 aliphatic rings. The maximum atomic E-state index is 12.2. The average molecular weight is 287 g/mol. The van der Waals surface area contributed by atoms with Crippen molar-refractivity contribution in [1.29, 1.82) is 0 Å². The van der Waals surface area contributed by atoms with Crippen LogP contribution in [0.4, 0.5) is 5.69 Å². The Hall–Kier alpha value is -2.28. The molecule has 0 aliphatic carbocycles. The van der Waals surface area contributed by atoms with Gasteiger partial charge in [0.05, 0.1) is 5.69 Å². The van der Waals surface area contributed by atoms with Gasteiger partial charge in [-0.2, -0.15) is 0 Å². The van der Waals surface area contributed by atoms with Gasteiger partial charge in [-0.15, -0.1) is 5.10 Å². The molecule has 1 aliphatic heterocycles. The second-order valence-electron chi connectivity index (χ2n) is 5.13. The molecule has 0 unspecified atom stereocenters. The molecule has 1 N–H and O–H groups in total. The molecule has 1 aromatic heterocycles. The molecule has 110 valence electrons. The minimum absolute atomic E-state index is 0.0400. The summed E-state index contributed by atoms with van der Waals surface area (Å²) in [5, 5.41) is 14.1. The molecule has 7 heteroatoms. The van der Waals surface area contributed by atoms with Crippen molar-refractivity contribution in [3.63, 3.8) is 0 Å². The lowest BCUT2D eigenvalue weighted by Crippen LogP contribution is -2.28. The highest BCUT2D eigenvalue weighted by atomic mass is 16.5. The van der Waals surface area contributed by atoms with Crippen molar-refractivity contribution < 1.29 is 9.53 Å². The number of hydrogen-bond donors (Lipinski definition) is 1. The van der Waals surface area contributed by atoms with E-state index < -0.39 is 0 Å². The molecule has 1 aromatic carbocycles. The number of aryl methyl sites for hydroxylation is 1. The Morgan fingerprint density at radius 1 is 1.38 bits per heavy atom. The summed E-state index contributed by atoms with van der Waals surface area (Å²) in [7, 11) is 0. The quantitative estimate of drug-likeness (QED) is 0.921. The van der Waals surface area contributed by atoms with E-state index in [1.54, 1.807) is 11.0 Å². The van der Waals surface area contributed by atoms with Crippen LogP contribution in [0.2, 0.25) is 0 Å². The van der Waals surface area contributed by atoms with Crippen LogP contribution < -0.4 is 5.32 Å². The van der Waals surface area contributed by atoms with E-state index in [1.807, 2.05) is 25.1 Å². The molecule has 2 heterocycles. The van der Waals surface area contributed by atoms with Crippen molar-refractivity contribution in [3.8, 4) is 5.69 Å². The number of ether oxygens (including phenoxy) is 1. The van der Waals surface area contributed by atoms with Crippen molar-refractivity contribution in [3.05, 3.63) is 30.1 Å². The summed E-state index contributed by atoms with van der Waals surface area (Å²) in [6.45, 7) is 3.28. The van der Waals surface area contributed by atoms with Crippen molar-refractivity contribution in [2.24, 2.45) is 5.92 Å². The van der Waals surface area contributed by atoms with E-state index >= 15 is 0 Å². The Bertz CT molecular complexity index is 620. The van der Waals surface area contributed by atoms with Crippen LogP contribution in [0.1, 0.15) is 18.4 Å². The van der Waals surface area contributed by atoms with Gasteiger partial charge in [0.15, 0.2) is 0 Å². The van der Waals surface area contributed by atoms with Crippen LogP contribution >= 0.6 is 0 Å². The van der Waals surface area contributed by atoms with Crippen LogP contribution in [0.15, 0.2) is 24.5 Å². The Morgan fingerprint density at radius 3 is 2.86 bits per heavy atom. The van der Waals surface area contributed by atoms with Crippen LogP contribution in [0.25, 0.3) is 5.69 Å². The van der Waals surface area contributed by atoms with Crippen LogP contribution in [0.5, 0.6) is 0 Å². The summed E-state index contributed by atoms with van der Waals surface area (Å²) in [5.74, 6) is 0.103. The summed E-state index contributed by atoms with van der Waals surface area (Å²) in [6, 6.07) is 5.68. The maximum Gasteiger partial charge on any atom is 0.227 e. The number of aromatic nitrogens is 4. The smallest absolute Gasteiger partial charge is 0.227 e. The van der Waals surface area contributed by atoms with Gasteiger partial charge in [0, 0.05) is 24.8 Å². The van der Waals surface area contributed by atoms with Crippen molar-refractivity contribution in [2.75, 3.05) is 18.5 Å². The van der Waals surface area contributed by atoms with Gasteiger partial charge in [0.1, 0.15) is 6.33 Å². The average Bonchev–Trinajstić information content (AvgIpc) is 3.02. The zero-order valence-corrected chi connectivity index (χ0v) is 11.8. The second kappa shape index (κ2) is 6.01. The standard InChI is InChI=1S/C14H17N5O2/c1-10-8-12(2-3-13(10)19-9-15-17-18-19)16-14(20)11-4-6-21-7-5-11/h2-3,8-9,11H,4-7H2,1H3,(H,16,20). The van der Waals surface area contributed by atoms with Crippen molar-refractivity contribution >= 4 is 11.6 Å². The SMILES string of the molecule is Cc1cc(NC(=O)C2CCOCC2)ccc1-n1cnnn1. The number of tetrazole rings is 1. The molecule has 0 saturated carbocycles. The number of hydrogen-bond acceptors (Lipinski definition) is 5. The van der Waals surface area contributed by atoms with E-state index in [-0.39, 0.29) is 11.8 Å². The fourth-order valence-corrected chi connectivity index (χ4v) is 2.47. The second-order valence-corrected chi connectivity index (χ2v) is 5.13. The first kappa shape index (κ1) is 13.7. The minimum Gasteiger partial charge on any atom is -0.381 e. The van der Waals surface area contributed by atoms with Crippen LogP contribution in [-0.4, -0.2) is 39.3 Å². The fourth-order valence-electron chi connectivity index (χ4n) is 2.47. The summed E-state index contributed by atoms with van der Waals surface area (Å²) >= 11 is 0. The van der Waals surface area contributed by atoms with E-state index in [0.29, 0.717) is 13.2 Å². The molecule has 2 aromatic rings. The number of carbonyl (C=O) groups excluding carboxylic acids is 1. The van der Waals surface area contributed by atoms with E-state index in [9.17, 15) is 4.79 Å². The highest BCUT2D eigenvalue weighted by molar-refractivity contribution is 5.92. The lowest BCUT2D eigenvalue weighted by Gasteiger charge is -2.21. The van der Waals surface area contributed by atoms with Gasteiger partial charge < -0.3 is 10.1 Å². The molecule has 0 spiro atoms. The Morgan fingerprint density at radius 2 is 2.19 bits per heavy atom. The van der Waals surface area contributed by atoms with E-state index in [4.69, 9.17) is 4.74 Å². The van der Waals surface area contributed by atoms with Crippen molar-refractivity contribution in [2.45, 2.75) is 19.8 Å². The molecular weight excluding hydrogens is 270 g/mol. The first-order chi connectivity index (χ1) is 10.2. The highest BCUT2D eigenvalue weighted by Crippen LogP contribution is 2.21. The fraction of sp³-hybridized carbons (Fsp3) is 0.429. The van der Waals surface area contributed by atoms with Gasteiger partial charge in [-0.05, 0) is 54.0 Å². The molecular formula is C14H17N5O2. The number of nitrogens with zero attached hydrogens (tertiary/aromatic N) is 4. The Kier molecular flexibility index (Phi) is 3.92. The molecule has 1 saturated heterocycles. The molecule has 1 fully saturated rings. The van der Waals surface area contributed by atoms with Crippen molar-refractivity contribution in [1.82, 2.24) is 20.2 Å². The van der Waals surface area contributed by atoms with Gasteiger partial charge in [0.25, 0.3) is 0 Å². The Labute approximate surface area is 122 Å². The first-order valence-electron chi connectivity index (χ1n) is 6.96. The largest absolute Gasteiger partial charge is 0.381 e. The van der Waals surface area contributed by atoms with E-state index in [1.165, 1.54) is 0 Å². The molecule has 3 rings (SSSR count). The number of nitrogens with one attached hydrogen (secondary N) is 1. The molecule has 0 atom stereocenters. The molecule has 21 heavy (non-hydrogen) atoms. The minimum atomic E-state index is 0.0400. The number of benzene rings is 1. The number of amides is 1. The van der Waals surface area contributed by atoms with Crippen LogP contribution in [0, 0.1) is 12.8 Å². The normalized spacial score (nSPS) is 15.9. The van der Waals surface area contributed by atoms with Gasteiger partial charge in [-0.25, -0.2) is 4.68 Å². The lowest BCUT2D eigenvalue weighted by molar-refractivity contribution is -0.122. The van der Waals surface area contributed by atoms with Gasteiger partial charge >= 0.3 is 0 Å². The molecule has 1 amide bonds. The number of rotatable bonds is 3. The number of anilines is 1. The number of carbonyl (C=O) groups is 1. The Balaban J connectivity index is 1.72.